The van der Waals surface area contributed by atoms with E-state index in [-0.39, 0.29) is 11.5 Å². The Balaban J connectivity index is 2.06. The Morgan fingerprint density at radius 1 is 1.21 bits per heavy atom. The van der Waals surface area contributed by atoms with Crippen molar-refractivity contribution < 1.29 is 9.47 Å². The molecule has 1 unspecified atom stereocenters. The predicted molar refractivity (Wildman–Crippen MR) is 76.0 cm³/mol. The summed E-state index contributed by atoms with van der Waals surface area (Å²) in [6.45, 7) is 5.80. The number of rotatable bonds is 3. The van der Waals surface area contributed by atoms with Crippen LogP contribution in [-0.4, -0.2) is 19.3 Å². The molecule has 0 radical (unpaired) electrons. The molecule has 1 fully saturated rings. The van der Waals surface area contributed by atoms with Gasteiger partial charge in [0.05, 0.1) is 13.2 Å². The smallest absolute Gasteiger partial charge is 0.161 e. The fourth-order valence-electron chi connectivity index (χ4n) is 3.11. The van der Waals surface area contributed by atoms with Crippen molar-refractivity contribution >= 4 is 0 Å². The second kappa shape index (κ2) is 4.71. The summed E-state index contributed by atoms with van der Waals surface area (Å²) in [5, 5.41) is 0. The van der Waals surface area contributed by atoms with Crippen molar-refractivity contribution in [3.8, 4) is 11.5 Å². The van der Waals surface area contributed by atoms with Crippen LogP contribution in [0.1, 0.15) is 44.2 Å². The lowest BCUT2D eigenvalue weighted by Gasteiger charge is -2.24. The third kappa shape index (κ3) is 2.10. The normalized spacial score (nSPS) is 21.6. The highest BCUT2D eigenvalue weighted by Gasteiger charge is 2.48. The van der Waals surface area contributed by atoms with Crippen molar-refractivity contribution in [1.82, 2.24) is 0 Å². The van der Waals surface area contributed by atoms with Crippen molar-refractivity contribution in [3.63, 3.8) is 0 Å². The van der Waals surface area contributed by atoms with Gasteiger partial charge in [0.25, 0.3) is 0 Å². The van der Waals surface area contributed by atoms with Gasteiger partial charge in [-0.25, -0.2) is 0 Å². The van der Waals surface area contributed by atoms with Crippen molar-refractivity contribution in [1.29, 1.82) is 0 Å². The van der Waals surface area contributed by atoms with Gasteiger partial charge in [-0.05, 0) is 49.4 Å². The first-order valence-corrected chi connectivity index (χ1v) is 7.36. The lowest BCUT2D eigenvalue weighted by molar-refractivity contribution is 0.297. The molecule has 1 heterocycles. The number of hydrogen-bond acceptors (Lipinski definition) is 3. The number of nitrogens with two attached hydrogens (primary N) is 1. The molecule has 0 spiro atoms. The van der Waals surface area contributed by atoms with E-state index in [4.69, 9.17) is 15.2 Å². The van der Waals surface area contributed by atoms with Gasteiger partial charge >= 0.3 is 0 Å². The van der Waals surface area contributed by atoms with E-state index in [2.05, 4.69) is 26.0 Å². The van der Waals surface area contributed by atoms with Crippen molar-refractivity contribution in [3.05, 3.63) is 23.3 Å². The number of ether oxygens (including phenoxy) is 2. The zero-order chi connectivity index (χ0) is 13.5. The molecule has 1 atom stereocenters. The Morgan fingerprint density at radius 2 is 1.84 bits per heavy atom. The molecule has 3 rings (SSSR count). The summed E-state index contributed by atoms with van der Waals surface area (Å²) in [5.41, 5.74) is 9.14. The number of aryl methyl sites for hydroxylation is 1. The van der Waals surface area contributed by atoms with Gasteiger partial charge in [-0.15, -0.1) is 0 Å². The Kier molecular flexibility index (Phi) is 3.17. The number of benzene rings is 1. The van der Waals surface area contributed by atoms with Crippen LogP contribution < -0.4 is 15.2 Å². The van der Waals surface area contributed by atoms with Gasteiger partial charge < -0.3 is 15.2 Å². The van der Waals surface area contributed by atoms with Crippen LogP contribution in [0.15, 0.2) is 12.1 Å². The highest BCUT2D eigenvalue weighted by atomic mass is 16.5. The van der Waals surface area contributed by atoms with Crippen LogP contribution in [0.3, 0.4) is 0 Å². The molecule has 2 aliphatic rings. The fraction of sp³-hybridized carbons (Fsp3) is 0.625. The highest BCUT2D eigenvalue weighted by molar-refractivity contribution is 5.52. The number of hydrogen-bond donors (Lipinski definition) is 1. The van der Waals surface area contributed by atoms with E-state index < -0.39 is 0 Å². The molecule has 0 saturated heterocycles. The molecule has 1 saturated carbocycles. The molecular weight excluding hydrogens is 238 g/mol. The van der Waals surface area contributed by atoms with Gasteiger partial charge in [-0.1, -0.05) is 6.92 Å². The summed E-state index contributed by atoms with van der Waals surface area (Å²) >= 11 is 0. The second-order valence-electron chi connectivity index (χ2n) is 5.80. The van der Waals surface area contributed by atoms with E-state index in [1.54, 1.807) is 0 Å². The first-order valence-electron chi connectivity index (χ1n) is 7.36. The van der Waals surface area contributed by atoms with Crippen molar-refractivity contribution in [2.45, 2.75) is 51.0 Å². The molecule has 0 bridgehead atoms. The van der Waals surface area contributed by atoms with Crippen LogP contribution >= 0.6 is 0 Å². The van der Waals surface area contributed by atoms with Gasteiger partial charge in [-0.2, -0.15) is 0 Å². The molecule has 104 valence electrons. The van der Waals surface area contributed by atoms with Crippen LogP contribution in [0.4, 0.5) is 0 Å². The number of fused-ring (bicyclic) bond motifs is 1. The van der Waals surface area contributed by atoms with Crippen LogP contribution in [0.2, 0.25) is 0 Å². The van der Waals surface area contributed by atoms with E-state index in [1.807, 2.05) is 0 Å². The van der Waals surface area contributed by atoms with E-state index in [0.717, 1.165) is 37.6 Å². The minimum absolute atomic E-state index is 0.177. The van der Waals surface area contributed by atoms with Crippen molar-refractivity contribution in [2.24, 2.45) is 5.73 Å². The molecule has 1 aromatic carbocycles. The fourth-order valence-corrected chi connectivity index (χ4v) is 3.11. The molecule has 19 heavy (non-hydrogen) atoms. The quantitative estimate of drug-likeness (QED) is 0.910. The first kappa shape index (κ1) is 12.8. The molecular formula is C16H23NO2. The largest absolute Gasteiger partial charge is 0.490 e. The summed E-state index contributed by atoms with van der Waals surface area (Å²) in [6, 6.07) is 4.55. The zero-order valence-corrected chi connectivity index (χ0v) is 11.9. The Labute approximate surface area is 115 Å². The van der Waals surface area contributed by atoms with Gasteiger partial charge in [0, 0.05) is 17.9 Å². The van der Waals surface area contributed by atoms with Gasteiger partial charge in [-0.3, -0.25) is 0 Å². The highest BCUT2D eigenvalue weighted by Crippen LogP contribution is 2.53. The monoisotopic (exact) mass is 261 g/mol. The van der Waals surface area contributed by atoms with Crippen LogP contribution in [0.25, 0.3) is 0 Å². The van der Waals surface area contributed by atoms with Crippen LogP contribution in [0.5, 0.6) is 11.5 Å². The molecule has 2 N–H and O–H groups in total. The molecule has 1 aromatic rings. The lowest BCUT2D eigenvalue weighted by atomic mass is 9.85. The van der Waals surface area contributed by atoms with E-state index >= 15 is 0 Å². The second-order valence-corrected chi connectivity index (χ2v) is 5.80. The lowest BCUT2D eigenvalue weighted by Crippen LogP contribution is -2.32. The third-order valence-corrected chi connectivity index (χ3v) is 4.55. The van der Waals surface area contributed by atoms with Crippen LogP contribution in [0, 0.1) is 0 Å². The first-order chi connectivity index (χ1) is 9.17. The van der Waals surface area contributed by atoms with Crippen LogP contribution in [-0.2, 0) is 11.8 Å². The standard InChI is InChI=1S/C16H23NO2/c1-3-12-9-14-15(19-8-4-7-18-14)10-13(12)16(5-6-16)11(2)17/h9-11H,3-8,17H2,1-2H3. The average Bonchev–Trinajstić information content (AvgIpc) is 3.21. The predicted octanol–water partition coefficient (Wildman–Crippen LogP) is 2.79. The summed E-state index contributed by atoms with van der Waals surface area (Å²) in [5.74, 6) is 1.80. The Morgan fingerprint density at radius 3 is 2.37 bits per heavy atom. The summed E-state index contributed by atoms with van der Waals surface area (Å²) < 4.78 is 11.6. The molecule has 3 nitrogen and oxygen atoms in total. The maximum Gasteiger partial charge on any atom is 0.161 e. The summed E-state index contributed by atoms with van der Waals surface area (Å²) in [7, 11) is 0. The maximum absolute atomic E-state index is 6.22. The van der Waals surface area contributed by atoms with E-state index in [9.17, 15) is 0 Å². The topological polar surface area (TPSA) is 44.5 Å². The zero-order valence-electron chi connectivity index (χ0n) is 11.9. The summed E-state index contributed by atoms with van der Waals surface area (Å²) in [6.07, 6.45) is 4.35. The summed E-state index contributed by atoms with van der Waals surface area (Å²) in [4.78, 5) is 0. The van der Waals surface area contributed by atoms with Gasteiger partial charge in [0.1, 0.15) is 0 Å². The molecule has 3 heteroatoms. The molecule has 1 aliphatic carbocycles. The molecule has 0 aromatic heterocycles. The van der Waals surface area contributed by atoms with Gasteiger partial charge in [0.15, 0.2) is 11.5 Å². The Hall–Kier alpha value is -1.22. The Bertz CT molecular complexity index is 478. The van der Waals surface area contributed by atoms with Gasteiger partial charge in [0.2, 0.25) is 0 Å². The van der Waals surface area contributed by atoms with Crippen molar-refractivity contribution in [2.75, 3.05) is 13.2 Å². The van der Waals surface area contributed by atoms with E-state index in [0.29, 0.717) is 0 Å². The molecule has 1 aliphatic heterocycles. The maximum atomic E-state index is 6.22. The van der Waals surface area contributed by atoms with E-state index in [1.165, 1.54) is 24.0 Å². The average molecular weight is 261 g/mol. The SMILES string of the molecule is CCc1cc2c(cc1C1(C(C)N)CC1)OCCCO2. The molecule has 0 amide bonds. The minimum atomic E-state index is 0.177. The third-order valence-electron chi connectivity index (χ3n) is 4.55. The minimum Gasteiger partial charge on any atom is -0.490 e.